The largest absolute Gasteiger partial charge is 0.465 e. The first-order valence-electron chi connectivity index (χ1n) is 9.65. The van der Waals surface area contributed by atoms with E-state index in [0.717, 1.165) is 31.0 Å². The number of aromatic nitrogens is 1. The van der Waals surface area contributed by atoms with Crippen LogP contribution < -0.4 is 0 Å². The standard InChI is InChI=1S/C23H19FN2O7/c1-13-8-20(14(2)25(13)18-6-4-17(24)5-7-18)21(27)12-33-23(29)16-9-15(22(28)32-3)10-19(11-16)26(30)31/h4-11H,12H2,1-3H3. The van der Waals surface area contributed by atoms with Crippen LogP contribution in [0.15, 0.2) is 48.5 Å². The Bertz CT molecular complexity index is 1260. The lowest BCUT2D eigenvalue weighted by Crippen LogP contribution is -2.16. The van der Waals surface area contributed by atoms with E-state index in [1.807, 2.05) is 0 Å². The van der Waals surface area contributed by atoms with Gasteiger partial charge in [-0.25, -0.2) is 14.0 Å². The molecule has 0 N–H and O–H groups in total. The number of nitro benzene ring substituents is 1. The zero-order valence-corrected chi connectivity index (χ0v) is 18.0. The van der Waals surface area contributed by atoms with Gasteiger partial charge < -0.3 is 14.0 Å². The highest BCUT2D eigenvalue weighted by Gasteiger charge is 2.22. The molecule has 0 aliphatic heterocycles. The van der Waals surface area contributed by atoms with Crippen LogP contribution in [0.25, 0.3) is 5.69 Å². The second-order valence-corrected chi connectivity index (χ2v) is 7.11. The van der Waals surface area contributed by atoms with E-state index in [9.17, 15) is 28.9 Å². The predicted molar refractivity (Wildman–Crippen MR) is 114 cm³/mol. The fraction of sp³-hybridized carbons (Fsp3) is 0.174. The van der Waals surface area contributed by atoms with E-state index in [1.165, 1.54) is 12.1 Å². The fourth-order valence-electron chi connectivity index (χ4n) is 3.39. The van der Waals surface area contributed by atoms with E-state index in [-0.39, 0.29) is 16.9 Å². The minimum Gasteiger partial charge on any atom is -0.465 e. The van der Waals surface area contributed by atoms with Gasteiger partial charge in [0.05, 0.1) is 23.2 Å². The van der Waals surface area contributed by atoms with Gasteiger partial charge in [0.25, 0.3) is 5.69 Å². The fourth-order valence-corrected chi connectivity index (χ4v) is 3.39. The first kappa shape index (κ1) is 23.3. The lowest BCUT2D eigenvalue weighted by Gasteiger charge is -2.10. The topological polar surface area (TPSA) is 118 Å². The molecule has 2 aromatic carbocycles. The van der Waals surface area contributed by atoms with Crippen LogP contribution >= 0.6 is 0 Å². The number of carbonyl (C=O) groups excluding carboxylic acids is 3. The number of esters is 2. The maximum absolute atomic E-state index is 13.2. The highest BCUT2D eigenvalue weighted by atomic mass is 19.1. The molecule has 0 amide bonds. The van der Waals surface area contributed by atoms with E-state index in [2.05, 4.69) is 4.74 Å². The monoisotopic (exact) mass is 454 g/mol. The molecule has 0 saturated carbocycles. The lowest BCUT2D eigenvalue weighted by molar-refractivity contribution is -0.384. The van der Waals surface area contributed by atoms with Gasteiger partial charge in [0.2, 0.25) is 5.78 Å². The summed E-state index contributed by atoms with van der Waals surface area (Å²) in [7, 11) is 1.10. The summed E-state index contributed by atoms with van der Waals surface area (Å²) in [5.41, 5.74) is 1.29. The number of non-ortho nitro benzene ring substituents is 1. The third-order valence-electron chi connectivity index (χ3n) is 4.94. The highest BCUT2D eigenvalue weighted by Crippen LogP contribution is 2.22. The van der Waals surface area contributed by atoms with Crippen LogP contribution in [0.1, 0.15) is 42.5 Å². The van der Waals surface area contributed by atoms with Crippen molar-refractivity contribution in [3.05, 3.63) is 92.5 Å². The number of rotatable bonds is 7. The predicted octanol–water partition coefficient (Wildman–Crippen LogP) is 3.97. The highest BCUT2D eigenvalue weighted by molar-refractivity contribution is 6.01. The molecule has 0 atom stereocenters. The Balaban J connectivity index is 1.80. The number of Topliss-reactive ketones (excluding diaryl/α,β-unsaturated/α-hetero) is 1. The van der Waals surface area contributed by atoms with Gasteiger partial charge in [-0.1, -0.05) is 0 Å². The van der Waals surface area contributed by atoms with E-state index in [4.69, 9.17) is 4.74 Å². The Kier molecular flexibility index (Phi) is 6.67. The Morgan fingerprint density at radius 3 is 2.18 bits per heavy atom. The van der Waals surface area contributed by atoms with Crippen molar-refractivity contribution in [2.24, 2.45) is 0 Å². The number of carbonyl (C=O) groups is 3. The lowest BCUT2D eigenvalue weighted by atomic mass is 10.1. The maximum Gasteiger partial charge on any atom is 0.338 e. The summed E-state index contributed by atoms with van der Waals surface area (Å²) in [5.74, 6) is -2.76. The van der Waals surface area contributed by atoms with Gasteiger partial charge in [-0.05, 0) is 50.2 Å². The molecule has 0 spiro atoms. The minimum atomic E-state index is -1.01. The van der Waals surface area contributed by atoms with E-state index in [1.54, 1.807) is 36.6 Å². The first-order chi connectivity index (χ1) is 15.6. The third-order valence-corrected chi connectivity index (χ3v) is 4.94. The number of benzene rings is 2. The second-order valence-electron chi connectivity index (χ2n) is 7.11. The zero-order valence-electron chi connectivity index (χ0n) is 18.0. The van der Waals surface area contributed by atoms with Gasteiger partial charge in [-0.2, -0.15) is 0 Å². The molecule has 0 unspecified atom stereocenters. The molecule has 1 aromatic heterocycles. The molecule has 10 heteroatoms. The smallest absolute Gasteiger partial charge is 0.338 e. The molecule has 0 saturated heterocycles. The molecule has 3 aromatic rings. The van der Waals surface area contributed by atoms with E-state index < -0.39 is 34.9 Å². The Morgan fingerprint density at radius 2 is 1.61 bits per heavy atom. The number of ether oxygens (including phenoxy) is 2. The average Bonchev–Trinajstić information content (AvgIpc) is 3.10. The van der Waals surface area contributed by atoms with Crippen LogP contribution in [-0.4, -0.2) is 40.9 Å². The van der Waals surface area contributed by atoms with Gasteiger partial charge in [0.1, 0.15) is 5.82 Å². The van der Waals surface area contributed by atoms with Gasteiger partial charge in [-0.15, -0.1) is 0 Å². The average molecular weight is 454 g/mol. The maximum atomic E-state index is 13.2. The normalized spacial score (nSPS) is 10.5. The zero-order chi connectivity index (χ0) is 24.3. The van der Waals surface area contributed by atoms with Crippen LogP contribution in [0.4, 0.5) is 10.1 Å². The third kappa shape index (κ3) is 4.95. The molecule has 0 aliphatic carbocycles. The second kappa shape index (κ2) is 9.43. The number of halogens is 1. The van der Waals surface area contributed by atoms with Crippen molar-refractivity contribution in [1.82, 2.24) is 4.57 Å². The van der Waals surface area contributed by atoms with Crippen LogP contribution in [0.3, 0.4) is 0 Å². The molecule has 0 radical (unpaired) electrons. The van der Waals surface area contributed by atoms with Gasteiger partial charge in [-0.3, -0.25) is 14.9 Å². The minimum absolute atomic E-state index is 0.201. The van der Waals surface area contributed by atoms with Crippen molar-refractivity contribution >= 4 is 23.4 Å². The van der Waals surface area contributed by atoms with Crippen LogP contribution in [0, 0.1) is 29.8 Å². The summed E-state index contributed by atoms with van der Waals surface area (Å²) >= 11 is 0. The van der Waals surface area contributed by atoms with Gasteiger partial charge in [0, 0.05) is 34.8 Å². The molecule has 170 valence electrons. The van der Waals surface area contributed by atoms with Crippen molar-refractivity contribution in [1.29, 1.82) is 0 Å². The van der Waals surface area contributed by atoms with Crippen LogP contribution in [0.2, 0.25) is 0 Å². The van der Waals surface area contributed by atoms with Crippen molar-refractivity contribution in [2.75, 3.05) is 13.7 Å². The molecular formula is C23H19FN2O7. The van der Waals surface area contributed by atoms with Crippen LogP contribution in [0.5, 0.6) is 0 Å². The summed E-state index contributed by atoms with van der Waals surface area (Å²) in [5, 5.41) is 11.1. The number of hydrogen-bond donors (Lipinski definition) is 0. The van der Waals surface area contributed by atoms with Crippen molar-refractivity contribution in [3.8, 4) is 5.69 Å². The van der Waals surface area contributed by atoms with E-state index in [0.29, 0.717) is 16.9 Å². The summed E-state index contributed by atoms with van der Waals surface area (Å²) in [6.07, 6.45) is 0. The number of hydrogen-bond acceptors (Lipinski definition) is 7. The number of aryl methyl sites for hydroxylation is 1. The molecule has 0 aliphatic rings. The number of nitrogens with zero attached hydrogens (tertiary/aromatic N) is 2. The van der Waals surface area contributed by atoms with Crippen molar-refractivity contribution in [2.45, 2.75) is 13.8 Å². The van der Waals surface area contributed by atoms with E-state index >= 15 is 0 Å². The molecule has 0 bridgehead atoms. The SMILES string of the molecule is COC(=O)c1cc(C(=O)OCC(=O)c2cc(C)n(-c3ccc(F)cc3)c2C)cc([N+](=O)[O-])c1. The van der Waals surface area contributed by atoms with Gasteiger partial charge >= 0.3 is 11.9 Å². The van der Waals surface area contributed by atoms with Crippen molar-refractivity contribution in [3.63, 3.8) is 0 Å². The van der Waals surface area contributed by atoms with Crippen LogP contribution in [-0.2, 0) is 9.47 Å². The Labute approximate surface area is 187 Å². The van der Waals surface area contributed by atoms with Crippen molar-refractivity contribution < 1.29 is 33.2 Å². The molecule has 0 fully saturated rings. The number of methoxy groups -OCH3 is 1. The Hall–Kier alpha value is -4.34. The number of nitro groups is 1. The molecular weight excluding hydrogens is 435 g/mol. The first-order valence-corrected chi connectivity index (χ1v) is 9.65. The number of ketones is 1. The summed E-state index contributed by atoms with van der Waals surface area (Å²) in [4.78, 5) is 47.3. The summed E-state index contributed by atoms with van der Waals surface area (Å²) in [6.45, 7) is 2.86. The molecule has 9 nitrogen and oxygen atoms in total. The summed E-state index contributed by atoms with van der Waals surface area (Å²) in [6, 6.07) is 10.4. The molecule has 33 heavy (non-hydrogen) atoms. The molecule has 3 rings (SSSR count). The quantitative estimate of drug-likeness (QED) is 0.229. The summed E-state index contributed by atoms with van der Waals surface area (Å²) < 4.78 is 24.6. The molecule has 1 heterocycles. The Morgan fingerprint density at radius 1 is 1.00 bits per heavy atom. The van der Waals surface area contributed by atoms with Gasteiger partial charge in [0.15, 0.2) is 6.61 Å².